The number of anilines is 1. The van der Waals surface area contributed by atoms with E-state index in [-0.39, 0.29) is 0 Å². The molecule has 4 rings (SSSR count). The van der Waals surface area contributed by atoms with E-state index in [0.29, 0.717) is 11.3 Å². The molecule has 0 aliphatic carbocycles. The number of thiophene rings is 1. The summed E-state index contributed by atoms with van der Waals surface area (Å²) in [4.78, 5) is 41.3. The molecule has 3 aromatic rings. The van der Waals surface area contributed by atoms with Crippen molar-refractivity contribution >= 4 is 34.9 Å². The van der Waals surface area contributed by atoms with Crippen molar-refractivity contribution in [3.8, 4) is 0 Å². The number of hydrogen-bond acceptors (Lipinski definition) is 4. The van der Waals surface area contributed by atoms with Crippen molar-refractivity contribution in [1.82, 2.24) is 10.2 Å². The van der Waals surface area contributed by atoms with E-state index in [1.165, 1.54) is 52.6 Å². The van der Waals surface area contributed by atoms with Gasteiger partial charge < -0.3 is 5.32 Å². The Bertz CT molecular complexity index is 1130. The zero-order chi connectivity index (χ0) is 22.8. The van der Waals surface area contributed by atoms with Gasteiger partial charge in [-0.1, -0.05) is 18.2 Å². The van der Waals surface area contributed by atoms with Crippen LogP contribution in [0.2, 0.25) is 0 Å². The van der Waals surface area contributed by atoms with Gasteiger partial charge in [0, 0.05) is 10.6 Å². The van der Waals surface area contributed by atoms with E-state index in [9.17, 15) is 23.2 Å². The molecular weight excluding hydrogens is 436 g/mol. The smallest absolute Gasteiger partial charge is 0.332 e. The van der Waals surface area contributed by atoms with Crippen LogP contribution in [0.1, 0.15) is 23.4 Å². The van der Waals surface area contributed by atoms with E-state index in [1.54, 1.807) is 19.1 Å². The summed E-state index contributed by atoms with van der Waals surface area (Å²) in [6.45, 7) is 1.08. The van der Waals surface area contributed by atoms with Gasteiger partial charge in [-0.2, -0.15) is 0 Å². The van der Waals surface area contributed by atoms with Gasteiger partial charge in [0.15, 0.2) is 0 Å². The van der Waals surface area contributed by atoms with E-state index in [2.05, 4.69) is 5.32 Å². The van der Waals surface area contributed by atoms with Gasteiger partial charge >= 0.3 is 6.03 Å². The number of amides is 4. The standard InChI is InChI=1S/C23H19F2N3O3S/c1-14-22(30)27(23(31)28(14)18-10-8-17(25)9-11-18)13-20(29)26-21(19-3-2-12-32-19)15-4-6-16(24)7-5-15/h2-12,14,21H,13H2,1H3,(H,26,29). The van der Waals surface area contributed by atoms with Crippen molar-refractivity contribution in [3.63, 3.8) is 0 Å². The number of urea groups is 1. The van der Waals surface area contributed by atoms with Crippen LogP contribution in [0.5, 0.6) is 0 Å². The van der Waals surface area contributed by atoms with Crippen LogP contribution in [0.3, 0.4) is 0 Å². The molecule has 0 spiro atoms. The monoisotopic (exact) mass is 455 g/mol. The molecule has 2 aromatic carbocycles. The highest BCUT2D eigenvalue weighted by molar-refractivity contribution is 7.10. The normalized spacial score (nSPS) is 17.0. The Labute approximate surface area is 187 Å². The van der Waals surface area contributed by atoms with Crippen LogP contribution in [-0.4, -0.2) is 35.3 Å². The van der Waals surface area contributed by atoms with E-state index in [4.69, 9.17) is 0 Å². The summed E-state index contributed by atoms with van der Waals surface area (Å²) >= 11 is 1.42. The molecule has 2 heterocycles. The summed E-state index contributed by atoms with van der Waals surface area (Å²) in [6, 6.07) is 12.6. The molecule has 0 bridgehead atoms. The van der Waals surface area contributed by atoms with E-state index in [1.807, 2.05) is 17.5 Å². The molecule has 9 heteroatoms. The maximum absolute atomic E-state index is 13.4. The molecule has 164 valence electrons. The molecule has 1 aromatic heterocycles. The van der Waals surface area contributed by atoms with Crippen molar-refractivity contribution in [2.75, 3.05) is 11.4 Å². The van der Waals surface area contributed by atoms with Crippen molar-refractivity contribution in [3.05, 3.63) is 88.1 Å². The molecular formula is C23H19F2N3O3S. The Morgan fingerprint density at radius 2 is 1.66 bits per heavy atom. The number of nitrogens with one attached hydrogen (secondary N) is 1. The fourth-order valence-corrected chi connectivity index (χ4v) is 4.39. The average molecular weight is 455 g/mol. The Morgan fingerprint density at radius 1 is 1.03 bits per heavy atom. The molecule has 0 radical (unpaired) electrons. The summed E-state index contributed by atoms with van der Waals surface area (Å²) in [5.41, 5.74) is 1.03. The second-order valence-corrected chi connectivity index (χ2v) is 8.28. The molecule has 1 fully saturated rings. The summed E-state index contributed by atoms with van der Waals surface area (Å²) < 4.78 is 26.6. The lowest BCUT2D eigenvalue weighted by molar-refractivity contribution is -0.132. The molecule has 1 N–H and O–H groups in total. The Morgan fingerprint density at radius 3 is 2.25 bits per heavy atom. The van der Waals surface area contributed by atoms with Crippen LogP contribution in [0.25, 0.3) is 0 Å². The number of carbonyl (C=O) groups is 3. The Balaban J connectivity index is 1.52. The Kier molecular flexibility index (Phi) is 6.00. The van der Waals surface area contributed by atoms with E-state index in [0.717, 1.165) is 9.78 Å². The second kappa shape index (κ2) is 8.88. The minimum absolute atomic E-state index is 0.364. The molecule has 0 saturated carbocycles. The molecule has 2 unspecified atom stereocenters. The number of hydrogen-bond donors (Lipinski definition) is 1. The van der Waals surface area contributed by atoms with E-state index < -0.39 is 48.1 Å². The van der Waals surface area contributed by atoms with Crippen LogP contribution < -0.4 is 10.2 Å². The zero-order valence-corrected chi connectivity index (χ0v) is 17.8. The van der Waals surface area contributed by atoms with Crippen LogP contribution in [0, 0.1) is 11.6 Å². The van der Waals surface area contributed by atoms with Crippen molar-refractivity contribution in [1.29, 1.82) is 0 Å². The van der Waals surface area contributed by atoms with Crippen LogP contribution >= 0.6 is 11.3 Å². The van der Waals surface area contributed by atoms with Gasteiger partial charge in [-0.3, -0.25) is 19.4 Å². The minimum Gasteiger partial charge on any atom is -0.343 e. The first kappa shape index (κ1) is 21.6. The minimum atomic E-state index is -0.828. The zero-order valence-electron chi connectivity index (χ0n) is 17.0. The van der Waals surface area contributed by atoms with Crippen LogP contribution in [0.4, 0.5) is 19.3 Å². The Hall–Kier alpha value is -3.59. The highest BCUT2D eigenvalue weighted by Gasteiger charge is 2.44. The molecule has 32 heavy (non-hydrogen) atoms. The van der Waals surface area contributed by atoms with Gasteiger partial charge in [0.2, 0.25) is 5.91 Å². The van der Waals surface area contributed by atoms with Gasteiger partial charge in [-0.25, -0.2) is 13.6 Å². The fraction of sp³-hybridized carbons (Fsp3) is 0.174. The number of rotatable bonds is 6. The summed E-state index contributed by atoms with van der Waals surface area (Å²) in [5.74, 6) is -1.92. The lowest BCUT2D eigenvalue weighted by Gasteiger charge is -2.21. The van der Waals surface area contributed by atoms with Crippen molar-refractivity contribution in [2.45, 2.75) is 19.0 Å². The summed E-state index contributed by atoms with van der Waals surface area (Å²) in [5, 5.41) is 4.69. The largest absolute Gasteiger partial charge is 0.343 e. The number of nitrogens with zero attached hydrogens (tertiary/aromatic N) is 2. The molecule has 1 aliphatic heterocycles. The van der Waals surface area contributed by atoms with Gasteiger partial charge in [0.05, 0.1) is 6.04 Å². The first-order valence-corrected chi connectivity index (χ1v) is 10.7. The first-order chi connectivity index (χ1) is 15.3. The van der Waals surface area contributed by atoms with Gasteiger partial charge in [-0.15, -0.1) is 11.3 Å². The third-order valence-corrected chi connectivity index (χ3v) is 6.13. The summed E-state index contributed by atoms with van der Waals surface area (Å²) in [7, 11) is 0. The number of carbonyl (C=O) groups excluding carboxylic acids is 3. The topological polar surface area (TPSA) is 69.7 Å². The third-order valence-electron chi connectivity index (χ3n) is 5.19. The lowest BCUT2D eigenvalue weighted by atomic mass is 10.1. The predicted octanol–water partition coefficient (Wildman–Crippen LogP) is 4.09. The quantitative estimate of drug-likeness (QED) is 0.570. The molecule has 6 nitrogen and oxygen atoms in total. The first-order valence-electron chi connectivity index (χ1n) is 9.83. The highest BCUT2D eigenvalue weighted by atomic mass is 32.1. The third kappa shape index (κ3) is 4.24. The number of imide groups is 1. The number of halogens is 2. The van der Waals surface area contributed by atoms with Crippen LogP contribution in [-0.2, 0) is 9.59 Å². The van der Waals surface area contributed by atoms with Gasteiger partial charge in [0.1, 0.15) is 24.2 Å². The van der Waals surface area contributed by atoms with Crippen molar-refractivity contribution in [2.24, 2.45) is 0 Å². The molecule has 2 atom stereocenters. The SMILES string of the molecule is CC1C(=O)N(CC(=O)NC(c2ccc(F)cc2)c2cccs2)C(=O)N1c1ccc(F)cc1. The summed E-state index contributed by atoms with van der Waals surface area (Å²) in [6.07, 6.45) is 0. The molecule has 4 amide bonds. The average Bonchev–Trinajstić information content (AvgIpc) is 3.38. The predicted molar refractivity (Wildman–Crippen MR) is 116 cm³/mol. The molecule has 1 saturated heterocycles. The maximum Gasteiger partial charge on any atom is 0.332 e. The fourth-order valence-electron chi connectivity index (χ4n) is 3.59. The second-order valence-electron chi connectivity index (χ2n) is 7.30. The highest BCUT2D eigenvalue weighted by Crippen LogP contribution is 2.28. The van der Waals surface area contributed by atoms with Gasteiger partial charge in [-0.05, 0) is 60.3 Å². The van der Waals surface area contributed by atoms with Crippen LogP contribution in [0.15, 0.2) is 66.0 Å². The lowest BCUT2D eigenvalue weighted by Crippen LogP contribution is -2.42. The maximum atomic E-state index is 13.4. The van der Waals surface area contributed by atoms with E-state index >= 15 is 0 Å². The van der Waals surface area contributed by atoms with Crippen molar-refractivity contribution < 1.29 is 23.2 Å². The number of benzene rings is 2. The molecule has 1 aliphatic rings. The van der Waals surface area contributed by atoms with Gasteiger partial charge in [0.25, 0.3) is 5.91 Å².